The second kappa shape index (κ2) is 6.97. The summed E-state index contributed by atoms with van der Waals surface area (Å²) >= 11 is 15.3. The van der Waals surface area contributed by atoms with Crippen molar-refractivity contribution in [1.29, 1.82) is 0 Å². The number of rotatable bonds is 4. The maximum atomic E-state index is 12.7. The fourth-order valence-electron chi connectivity index (χ4n) is 2.45. The van der Waals surface area contributed by atoms with Crippen LogP contribution in [0.1, 0.15) is 19.3 Å². The van der Waals surface area contributed by atoms with Crippen molar-refractivity contribution in [3.05, 3.63) is 28.2 Å². The molecule has 2 rings (SSSR count). The minimum absolute atomic E-state index is 0.103. The summed E-state index contributed by atoms with van der Waals surface area (Å²) in [7, 11) is -3.56. The molecule has 0 spiro atoms. The van der Waals surface area contributed by atoms with Crippen LogP contribution in [0, 0.1) is 5.92 Å². The van der Waals surface area contributed by atoms with Crippen LogP contribution in [0.2, 0.25) is 10.0 Å². The molecule has 1 aromatic carbocycles. The summed E-state index contributed by atoms with van der Waals surface area (Å²) in [4.78, 5) is 0.103. The van der Waals surface area contributed by atoms with Crippen molar-refractivity contribution in [3.8, 4) is 0 Å². The minimum Gasteiger partial charge on any atom is -0.207 e. The van der Waals surface area contributed by atoms with E-state index in [-0.39, 0.29) is 9.92 Å². The molecule has 1 fully saturated rings. The summed E-state index contributed by atoms with van der Waals surface area (Å²) in [5.41, 5.74) is 0. The van der Waals surface area contributed by atoms with E-state index in [4.69, 9.17) is 23.2 Å². The van der Waals surface area contributed by atoms with E-state index in [1.165, 1.54) is 16.4 Å². The van der Waals surface area contributed by atoms with E-state index in [2.05, 4.69) is 15.9 Å². The molecule has 0 N–H and O–H groups in total. The van der Waals surface area contributed by atoms with Crippen LogP contribution < -0.4 is 0 Å². The summed E-state index contributed by atoms with van der Waals surface area (Å²) < 4.78 is 26.9. The van der Waals surface area contributed by atoms with Gasteiger partial charge in [0, 0.05) is 23.4 Å². The standard InChI is InChI=1S/C13H16BrCl2NO2S/c14-6-5-10-2-1-7-17(9-10)20(18,19)13-8-11(15)3-4-12(13)16/h3-4,8,10H,1-2,5-7,9H2. The number of nitrogens with zero attached hydrogens (tertiary/aromatic N) is 1. The Balaban J connectivity index is 2.27. The lowest BCUT2D eigenvalue weighted by atomic mass is 9.97. The van der Waals surface area contributed by atoms with Gasteiger partial charge in [0.25, 0.3) is 0 Å². The molecule has 7 heteroatoms. The van der Waals surface area contributed by atoms with Gasteiger partial charge in [-0.05, 0) is 43.4 Å². The van der Waals surface area contributed by atoms with Crippen molar-refractivity contribution in [1.82, 2.24) is 4.31 Å². The summed E-state index contributed by atoms with van der Waals surface area (Å²) in [6.07, 6.45) is 2.94. The molecule has 1 aromatic rings. The van der Waals surface area contributed by atoms with Crippen LogP contribution in [-0.4, -0.2) is 31.1 Å². The van der Waals surface area contributed by atoms with E-state index in [1.54, 1.807) is 6.07 Å². The number of alkyl halides is 1. The molecule has 1 saturated heterocycles. The predicted octanol–water partition coefficient (Wildman–Crippen LogP) is 4.18. The van der Waals surface area contributed by atoms with E-state index < -0.39 is 10.0 Å². The number of sulfonamides is 1. The number of hydrogen-bond acceptors (Lipinski definition) is 2. The molecule has 1 aliphatic rings. The number of hydrogen-bond donors (Lipinski definition) is 0. The minimum atomic E-state index is -3.56. The Hall–Kier alpha value is 0.190. The molecule has 0 radical (unpaired) electrons. The zero-order valence-electron chi connectivity index (χ0n) is 10.9. The van der Waals surface area contributed by atoms with Gasteiger partial charge in [-0.2, -0.15) is 4.31 Å². The Kier molecular flexibility index (Phi) is 5.77. The Bertz CT molecular complexity index is 578. The lowest BCUT2D eigenvalue weighted by molar-refractivity contribution is 0.263. The number of benzene rings is 1. The van der Waals surface area contributed by atoms with Gasteiger partial charge in [-0.3, -0.25) is 0 Å². The SMILES string of the molecule is O=S(=O)(c1cc(Cl)ccc1Cl)N1CCCC(CCBr)C1. The van der Waals surface area contributed by atoms with Gasteiger partial charge in [0.05, 0.1) is 5.02 Å². The molecule has 20 heavy (non-hydrogen) atoms. The number of halogens is 3. The van der Waals surface area contributed by atoms with E-state index in [9.17, 15) is 8.42 Å². The molecule has 112 valence electrons. The van der Waals surface area contributed by atoms with Gasteiger partial charge in [0.15, 0.2) is 0 Å². The maximum Gasteiger partial charge on any atom is 0.244 e. The van der Waals surface area contributed by atoms with E-state index in [1.807, 2.05) is 0 Å². The van der Waals surface area contributed by atoms with Gasteiger partial charge >= 0.3 is 0 Å². The summed E-state index contributed by atoms with van der Waals surface area (Å²) in [5.74, 6) is 0.399. The molecule has 0 amide bonds. The van der Waals surface area contributed by atoms with Crippen LogP contribution in [0.4, 0.5) is 0 Å². The molecule has 1 atom stereocenters. The van der Waals surface area contributed by atoms with Crippen molar-refractivity contribution >= 4 is 49.2 Å². The third-order valence-electron chi connectivity index (χ3n) is 3.51. The number of piperidine rings is 1. The van der Waals surface area contributed by atoms with E-state index in [0.717, 1.165) is 24.6 Å². The second-order valence-electron chi connectivity index (χ2n) is 4.92. The average molecular weight is 401 g/mol. The summed E-state index contributed by atoms with van der Waals surface area (Å²) in [6.45, 7) is 1.10. The van der Waals surface area contributed by atoms with Gasteiger partial charge in [-0.15, -0.1) is 0 Å². The first kappa shape index (κ1) is 16.6. The molecular weight excluding hydrogens is 385 g/mol. The first-order chi connectivity index (χ1) is 9.45. The van der Waals surface area contributed by atoms with Gasteiger partial charge in [-0.25, -0.2) is 8.42 Å². The van der Waals surface area contributed by atoms with Gasteiger partial charge < -0.3 is 0 Å². The maximum absolute atomic E-state index is 12.7. The third-order valence-corrected chi connectivity index (χ3v) is 6.55. The van der Waals surface area contributed by atoms with Crippen LogP contribution in [0.15, 0.2) is 23.1 Å². The van der Waals surface area contributed by atoms with E-state index >= 15 is 0 Å². The molecule has 0 bridgehead atoms. The molecule has 1 aliphatic heterocycles. The van der Waals surface area contributed by atoms with Crippen molar-refractivity contribution < 1.29 is 8.42 Å². The molecule has 3 nitrogen and oxygen atoms in total. The van der Waals surface area contributed by atoms with Crippen LogP contribution in [0.3, 0.4) is 0 Å². The van der Waals surface area contributed by atoms with Crippen LogP contribution in [-0.2, 0) is 10.0 Å². The highest BCUT2D eigenvalue weighted by Gasteiger charge is 2.31. The van der Waals surface area contributed by atoms with Crippen LogP contribution in [0.5, 0.6) is 0 Å². The van der Waals surface area contributed by atoms with E-state index in [0.29, 0.717) is 24.0 Å². The van der Waals surface area contributed by atoms with Crippen molar-refractivity contribution in [2.24, 2.45) is 5.92 Å². The Morgan fingerprint density at radius 1 is 1.35 bits per heavy atom. The lowest BCUT2D eigenvalue weighted by Crippen LogP contribution is -2.40. The fourth-order valence-corrected chi connectivity index (χ4v) is 5.39. The summed E-state index contributed by atoms with van der Waals surface area (Å²) in [5, 5.41) is 1.49. The van der Waals surface area contributed by atoms with Crippen LogP contribution >= 0.6 is 39.1 Å². The van der Waals surface area contributed by atoms with Gasteiger partial charge in [-0.1, -0.05) is 39.1 Å². The zero-order chi connectivity index (χ0) is 14.8. The molecule has 0 saturated carbocycles. The van der Waals surface area contributed by atoms with Gasteiger partial charge in [0.1, 0.15) is 4.90 Å². The Morgan fingerprint density at radius 3 is 2.80 bits per heavy atom. The molecule has 1 heterocycles. The summed E-state index contributed by atoms with van der Waals surface area (Å²) in [6, 6.07) is 4.54. The van der Waals surface area contributed by atoms with Crippen molar-refractivity contribution in [2.45, 2.75) is 24.2 Å². The smallest absolute Gasteiger partial charge is 0.207 e. The molecule has 0 aromatic heterocycles. The van der Waals surface area contributed by atoms with Crippen LogP contribution in [0.25, 0.3) is 0 Å². The normalized spacial score (nSPS) is 21.1. The Morgan fingerprint density at radius 2 is 2.10 bits per heavy atom. The largest absolute Gasteiger partial charge is 0.244 e. The second-order valence-corrected chi connectivity index (χ2v) is 8.47. The highest BCUT2D eigenvalue weighted by Crippen LogP contribution is 2.31. The van der Waals surface area contributed by atoms with Gasteiger partial charge in [0.2, 0.25) is 10.0 Å². The average Bonchev–Trinajstić information content (AvgIpc) is 2.42. The molecule has 0 aliphatic carbocycles. The highest BCUT2D eigenvalue weighted by atomic mass is 79.9. The van der Waals surface area contributed by atoms with Crippen molar-refractivity contribution in [2.75, 3.05) is 18.4 Å². The molecular formula is C13H16BrCl2NO2S. The molecule has 1 unspecified atom stereocenters. The third kappa shape index (κ3) is 3.69. The quantitative estimate of drug-likeness (QED) is 0.711. The highest BCUT2D eigenvalue weighted by molar-refractivity contribution is 9.09. The monoisotopic (exact) mass is 399 g/mol. The topological polar surface area (TPSA) is 37.4 Å². The zero-order valence-corrected chi connectivity index (χ0v) is 14.8. The first-order valence-corrected chi connectivity index (χ1v) is 9.78. The fraction of sp³-hybridized carbons (Fsp3) is 0.538. The first-order valence-electron chi connectivity index (χ1n) is 6.46. The lowest BCUT2D eigenvalue weighted by Gasteiger charge is -2.31. The van der Waals surface area contributed by atoms with Crippen molar-refractivity contribution in [3.63, 3.8) is 0 Å². The predicted molar refractivity (Wildman–Crippen MR) is 86.4 cm³/mol. The Labute approximate surface area is 138 Å².